The lowest BCUT2D eigenvalue weighted by molar-refractivity contribution is 0.285. The van der Waals surface area contributed by atoms with Gasteiger partial charge in [-0.25, -0.2) is 13.1 Å². The van der Waals surface area contributed by atoms with Crippen molar-refractivity contribution in [3.63, 3.8) is 0 Å². The molecule has 5 nitrogen and oxygen atoms in total. The Morgan fingerprint density at radius 2 is 2.06 bits per heavy atom. The SMILES string of the molecule is Cc1cc(Cl)c(S(=O)(=O)NCCCCO)cc1N. The smallest absolute Gasteiger partial charge is 0.242 e. The van der Waals surface area contributed by atoms with E-state index in [0.717, 1.165) is 5.56 Å². The van der Waals surface area contributed by atoms with Crippen LogP contribution in [0.2, 0.25) is 5.02 Å². The molecular formula is C11H17ClN2O3S. The molecule has 0 fully saturated rings. The lowest BCUT2D eigenvalue weighted by Crippen LogP contribution is -2.25. The molecule has 1 rings (SSSR count). The number of aryl methyl sites for hydroxylation is 1. The third kappa shape index (κ3) is 3.84. The van der Waals surface area contributed by atoms with E-state index < -0.39 is 10.0 Å². The van der Waals surface area contributed by atoms with Crippen molar-refractivity contribution in [2.24, 2.45) is 0 Å². The van der Waals surface area contributed by atoms with E-state index in [-0.39, 0.29) is 23.1 Å². The van der Waals surface area contributed by atoms with Crippen LogP contribution in [-0.4, -0.2) is 26.7 Å². The van der Waals surface area contributed by atoms with Crippen molar-refractivity contribution in [3.05, 3.63) is 22.7 Å². The Labute approximate surface area is 112 Å². The fourth-order valence-corrected chi connectivity index (χ4v) is 3.08. The van der Waals surface area contributed by atoms with Crippen LogP contribution in [0.25, 0.3) is 0 Å². The second kappa shape index (κ2) is 6.38. The molecule has 0 aliphatic rings. The largest absolute Gasteiger partial charge is 0.398 e. The molecule has 1 aromatic rings. The number of sulfonamides is 1. The molecule has 0 aliphatic heterocycles. The summed E-state index contributed by atoms with van der Waals surface area (Å²) in [6.07, 6.45) is 1.11. The number of anilines is 1. The third-order valence-corrected chi connectivity index (χ3v) is 4.41. The minimum Gasteiger partial charge on any atom is -0.398 e. The highest BCUT2D eigenvalue weighted by Crippen LogP contribution is 2.26. The molecule has 4 N–H and O–H groups in total. The summed E-state index contributed by atoms with van der Waals surface area (Å²) in [6.45, 7) is 2.05. The van der Waals surface area contributed by atoms with Gasteiger partial charge < -0.3 is 10.8 Å². The number of hydrogen-bond donors (Lipinski definition) is 3. The highest BCUT2D eigenvalue weighted by molar-refractivity contribution is 7.89. The van der Waals surface area contributed by atoms with Gasteiger partial charge in [-0.1, -0.05) is 11.6 Å². The molecule has 0 atom stereocenters. The van der Waals surface area contributed by atoms with Crippen LogP contribution in [-0.2, 0) is 10.0 Å². The maximum atomic E-state index is 12.0. The fourth-order valence-electron chi connectivity index (χ4n) is 1.40. The van der Waals surface area contributed by atoms with Gasteiger partial charge in [0.1, 0.15) is 4.90 Å². The summed E-state index contributed by atoms with van der Waals surface area (Å²) < 4.78 is 26.4. The topological polar surface area (TPSA) is 92.4 Å². The number of aliphatic hydroxyl groups is 1. The number of benzene rings is 1. The standard InChI is InChI=1S/C11H17ClN2O3S/c1-8-6-9(12)11(7-10(8)13)18(16,17)14-4-2-3-5-15/h6-7,14-15H,2-5,13H2,1H3. The zero-order valence-electron chi connectivity index (χ0n) is 10.1. The van der Waals surface area contributed by atoms with Crippen LogP contribution in [0.4, 0.5) is 5.69 Å². The van der Waals surface area contributed by atoms with Gasteiger partial charge in [0.05, 0.1) is 5.02 Å². The Balaban J connectivity index is 2.88. The predicted octanol–water partition coefficient (Wildman–Crippen LogP) is 1.28. The van der Waals surface area contributed by atoms with E-state index in [1.54, 1.807) is 6.92 Å². The van der Waals surface area contributed by atoms with Crippen LogP contribution in [0.5, 0.6) is 0 Å². The van der Waals surface area contributed by atoms with Crippen LogP contribution in [0, 0.1) is 6.92 Å². The van der Waals surface area contributed by atoms with Crippen molar-refractivity contribution in [2.45, 2.75) is 24.7 Å². The quantitative estimate of drug-likeness (QED) is 0.544. The predicted molar refractivity (Wildman–Crippen MR) is 72.1 cm³/mol. The molecule has 1 aromatic carbocycles. The Bertz CT molecular complexity index is 517. The van der Waals surface area contributed by atoms with Crippen LogP contribution in [0.3, 0.4) is 0 Å². The first kappa shape index (κ1) is 15.2. The highest BCUT2D eigenvalue weighted by atomic mass is 35.5. The molecule has 18 heavy (non-hydrogen) atoms. The molecule has 0 unspecified atom stereocenters. The first-order chi connectivity index (χ1) is 8.38. The lowest BCUT2D eigenvalue weighted by atomic mass is 10.2. The first-order valence-electron chi connectivity index (χ1n) is 5.54. The maximum Gasteiger partial charge on any atom is 0.242 e. The second-order valence-corrected chi connectivity index (χ2v) is 6.11. The molecule has 0 aliphatic carbocycles. The fraction of sp³-hybridized carbons (Fsp3) is 0.455. The van der Waals surface area contributed by atoms with Gasteiger partial charge in [-0.2, -0.15) is 0 Å². The summed E-state index contributed by atoms with van der Waals surface area (Å²) in [7, 11) is -3.65. The van der Waals surface area contributed by atoms with Gasteiger partial charge >= 0.3 is 0 Å². The van der Waals surface area contributed by atoms with Gasteiger partial charge in [0, 0.05) is 18.8 Å². The van der Waals surface area contributed by atoms with Crippen LogP contribution in [0.1, 0.15) is 18.4 Å². The second-order valence-electron chi connectivity index (χ2n) is 3.97. The number of hydrogen-bond acceptors (Lipinski definition) is 4. The van der Waals surface area contributed by atoms with Crippen LogP contribution < -0.4 is 10.5 Å². The molecule has 0 bridgehead atoms. The van der Waals surface area contributed by atoms with Gasteiger partial charge in [-0.05, 0) is 37.5 Å². The van der Waals surface area contributed by atoms with Gasteiger partial charge in [0.15, 0.2) is 0 Å². The summed E-state index contributed by atoms with van der Waals surface area (Å²) >= 11 is 5.91. The maximum absolute atomic E-state index is 12.0. The number of nitrogens with two attached hydrogens (primary N) is 1. The molecule has 7 heteroatoms. The average molecular weight is 293 g/mol. The number of halogens is 1. The number of unbranched alkanes of at least 4 members (excludes halogenated alkanes) is 1. The van der Waals surface area contributed by atoms with Crippen molar-refractivity contribution in [1.82, 2.24) is 4.72 Å². The molecule has 0 saturated carbocycles. The Morgan fingerprint density at radius 3 is 2.67 bits per heavy atom. The van der Waals surface area contributed by atoms with Gasteiger partial charge in [-0.3, -0.25) is 0 Å². The number of nitrogens with one attached hydrogen (secondary N) is 1. The summed E-state index contributed by atoms with van der Waals surface area (Å²) in [5.74, 6) is 0. The number of nitrogen functional groups attached to an aromatic ring is 1. The first-order valence-corrected chi connectivity index (χ1v) is 7.40. The Morgan fingerprint density at radius 1 is 1.39 bits per heavy atom. The average Bonchev–Trinajstić information content (AvgIpc) is 2.29. The summed E-state index contributed by atoms with van der Waals surface area (Å²) in [4.78, 5) is -0.0173. The van der Waals surface area contributed by atoms with Crippen molar-refractivity contribution >= 4 is 27.3 Å². The Kier molecular flexibility index (Phi) is 5.40. The summed E-state index contributed by atoms with van der Waals surface area (Å²) in [5, 5.41) is 8.76. The molecule has 0 spiro atoms. The van der Waals surface area contributed by atoms with Crippen molar-refractivity contribution in [2.75, 3.05) is 18.9 Å². The number of aliphatic hydroxyl groups excluding tert-OH is 1. The monoisotopic (exact) mass is 292 g/mol. The molecule has 0 amide bonds. The van der Waals surface area contributed by atoms with E-state index in [9.17, 15) is 8.42 Å². The zero-order chi connectivity index (χ0) is 13.8. The Hall–Kier alpha value is -0.820. The van der Waals surface area contributed by atoms with E-state index in [2.05, 4.69) is 4.72 Å². The van der Waals surface area contributed by atoms with Crippen molar-refractivity contribution in [3.8, 4) is 0 Å². The minimum atomic E-state index is -3.65. The van der Waals surface area contributed by atoms with Crippen LogP contribution >= 0.6 is 11.6 Å². The van der Waals surface area contributed by atoms with Crippen molar-refractivity contribution < 1.29 is 13.5 Å². The minimum absolute atomic E-state index is 0.0173. The van der Waals surface area contributed by atoms with E-state index in [1.807, 2.05) is 0 Å². The van der Waals surface area contributed by atoms with Gasteiger partial charge in [0.25, 0.3) is 0 Å². The molecule has 0 saturated heterocycles. The van der Waals surface area contributed by atoms with Crippen molar-refractivity contribution in [1.29, 1.82) is 0 Å². The van der Waals surface area contributed by atoms with Gasteiger partial charge in [-0.15, -0.1) is 0 Å². The zero-order valence-corrected chi connectivity index (χ0v) is 11.7. The molecule has 102 valence electrons. The number of rotatable bonds is 6. The lowest BCUT2D eigenvalue weighted by Gasteiger charge is -2.10. The van der Waals surface area contributed by atoms with E-state index in [4.69, 9.17) is 22.4 Å². The van der Waals surface area contributed by atoms with E-state index in [1.165, 1.54) is 12.1 Å². The van der Waals surface area contributed by atoms with Crippen LogP contribution in [0.15, 0.2) is 17.0 Å². The van der Waals surface area contributed by atoms with E-state index >= 15 is 0 Å². The summed E-state index contributed by atoms with van der Waals surface area (Å²) in [5.41, 5.74) is 6.80. The normalized spacial score (nSPS) is 11.7. The molecule has 0 aromatic heterocycles. The molecule has 0 radical (unpaired) electrons. The molecular weight excluding hydrogens is 276 g/mol. The molecule has 0 heterocycles. The summed E-state index contributed by atoms with van der Waals surface area (Å²) in [6, 6.07) is 2.88. The van der Waals surface area contributed by atoms with Gasteiger partial charge in [0.2, 0.25) is 10.0 Å². The van der Waals surface area contributed by atoms with E-state index in [0.29, 0.717) is 18.5 Å². The highest BCUT2D eigenvalue weighted by Gasteiger charge is 2.18. The third-order valence-electron chi connectivity index (χ3n) is 2.49.